The molecule has 31 heavy (non-hydrogen) atoms. The molecule has 0 spiro atoms. The average Bonchev–Trinajstić information content (AvgIpc) is 2.69. The van der Waals surface area contributed by atoms with Crippen molar-refractivity contribution in [2.24, 2.45) is 0 Å². The molecule has 0 aliphatic carbocycles. The van der Waals surface area contributed by atoms with E-state index in [1.54, 1.807) is 49.4 Å². The molecule has 0 aliphatic rings. The maximum absolute atomic E-state index is 12.8. The molecule has 0 saturated carbocycles. The van der Waals surface area contributed by atoms with Gasteiger partial charge < -0.3 is 5.32 Å². The lowest BCUT2D eigenvalue weighted by Crippen LogP contribution is -2.27. The average molecular weight is 437 g/mol. The van der Waals surface area contributed by atoms with E-state index >= 15 is 0 Å². The first-order valence-corrected chi connectivity index (χ1v) is 11.6. The summed E-state index contributed by atoms with van der Waals surface area (Å²) >= 11 is 0. The molecule has 0 radical (unpaired) electrons. The lowest BCUT2D eigenvalue weighted by Gasteiger charge is -2.18. The van der Waals surface area contributed by atoms with Gasteiger partial charge in [0.1, 0.15) is 0 Å². The fourth-order valence-electron chi connectivity index (χ4n) is 3.51. The van der Waals surface area contributed by atoms with Crippen LogP contribution >= 0.6 is 0 Å². The van der Waals surface area contributed by atoms with E-state index in [4.69, 9.17) is 0 Å². The van der Waals surface area contributed by atoms with Crippen LogP contribution in [-0.4, -0.2) is 14.3 Å². The van der Waals surface area contributed by atoms with E-state index in [9.17, 15) is 13.2 Å². The number of hydrogen-bond donors (Lipinski definition) is 2. The lowest BCUT2D eigenvalue weighted by molar-refractivity contribution is 0.0939. The van der Waals surface area contributed by atoms with E-state index < -0.39 is 10.0 Å². The van der Waals surface area contributed by atoms with Crippen molar-refractivity contribution in [2.45, 2.75) is 45.6 Å². The zero-order valence-corrected chi connectivity index (χ0v) is 19.3. The quantitative estimate of drug-likeness (QED) is 0.557. The molecule has 0 fully saturated rings. The van der Waals surface area contributed by atoms with Crippen LogP contribution in [0.4, 0.5) is 5.69 Å². The molecular formula is C25H28N2O3S. The summed E-state index contributed by atoms with van der Waals surface area (Å²) in [6, 6.07) is 17.6. The third-order valence-electron chi connectivity index (χ3n) is 5.30. The molecule has 1 amide bonds. The third kappa shape index (κ3) is 5.33. The summed E-state index contributed by atoms with van der Waals surface area (Å²) in [5.41, 5.74) is 5.96. The number of carbonyl (C=O) groups is 1. The number of benzene rings is 3. The van der Waals surface area contributed by atoms with Crippen LogP contribution in [-0.2, 0) is 10.0 Å². The SMILES string of the molecule is Cc1ccc(S(=O)(=O)Nc2ccc(C(=O)N[C@@H](C)c3ccc(C)cc3C)cc2C)cc1. The maximum atomic E-state index is 12.8. The van der Waals surface area contributed by atoms with Crippen LogP contribution in [0, 0.1) is 27.7 Å². The third-order valence-corrected chi connectivity index (χ3v) is 6.69. The maximum Gasteiger partial charge on any atom is 0.261 e. The van der Waals surface area contributed by atoms with Crippen molar-refractivity contribution < 1.29 is 13.2 Å². The van der Waals surface area contributed by atoms with E-state index in [-0.39, 0.29) is 16.8 Å². The van der Waals surface area contributed by atoms with Gasteiger partial charge in [-0.1, -0.05) is 41.5 Å². The largest absolute Gasteiger partial charge is 0.346 e. The molecule has 2 N–H and O–H groups in total. The van der Waals surface area contributed by atoms with Gasteiger partial charge in [-0.2, -0.15) is 0 Å². The molecule has 3 aromatic carbocycles. The van der Waals surface area contributed by atoms with Gasteiger partial charge in [-0.25, -0.2) is 8.42 Å². The summed E-state index contributed by atoms with van der Waals surface area (Å²) in [6.07, 6.45) is 0. The first-order valence-electron chi connectivity index (χ1n) is 10.1. The molecule has 5 nitrogen and oxygen atoms in total. The van der Waals surface area contributed by atoms with Crippen molar-refractivity contribution in [3.63, 3.8) is 0 Å². The molecule has 0 bridgehead atoms. The Hall–Kier alpha value is -3.12. The fraction of sp³-hybridized carbons (Fsp3) is 0.240. The zero-order chi connectivity index (χ0) is 22.8. The molecule has 162 valence electrons. The first kappa shape index (κ1) is 22.6. The smallest absolute Gasteiger partial charge is 0.261 e. The first-order chi connectivity index (χ1) is 14.6. The Labute approximate surface area is 184 Å². The molecule has 0 aromatic heterocycles. The number of nitrogens with one attached hydrogen (secondary N) is 2. The number of anilines is 1. The Kier molecular flexibility index (Phi) is 6.51. The second-order valence-corrected chi connectivity index (χ2v) is 9.69. The topological polar surface area (TPSA) is 75.3 Å². The molecule has 0 unspecified atom stereocenters. The highest BCUT2D eigenvalue weighted by Gasteiger charge is 2.17. The van der Waals surface area contributed by atoms with Crippen LogP contribution < -0.4 is 10.0 Å². The van der Waals surface area contributed by atoms with E-state index in [0.717, 1.165) is 16.7 Å². The van der Waals surface area contributed by atoms with Crippen molar-refractivity contribution in [3.05, 3.63) is 94.0 Å². The molecule has 3 aromatic rings. The van der Waals surface area contributed by atoms with Crippen molar-refractivity contribution in [1.29, 1.82) is 0 Å². The van der Waals surface area contributed by atoms with Crippen LogP contribution in [0.3, 0.4) is 0 Å². The summed E-state index contributed by atoms with van der Waals surface area (Å²) in [5, 5.41) is 3.02. The number of hydrogen-bond acceptors (Lipinski definition) is 3. The normalized spacial score (nSPS) is 12.3. The highest BCUT2D eigenvalue weighted by molar-refractivity contribution is 7.92. The Bertz CT molecular complexity index is 1220. The predicted octanol–water partition coefficient (Wildman–Crippen LogP) is 5.21. The number of sulfonamides is 1. The Balaban J connectivity index is 1.75. The molecular weight excluding hydrogens is 408 g/mol. The highest BCUT2D eigenvalue weighted by atomic mass is 32.2. The van der Waals surface area contributed by atoms with Crippen LogP contribution in [0.5, 0.6) is 0 Å². The number of carbonyl (C=O) groups excluding carboxylic acids is 1. The van der Waals surface area contributed by atoms with Crippen LogP contribution in [0.1, 0.15) is 51.1 Å². The van der Waals surface area contributed by atoms with Crippen LogP contribution in [0.25, 0.3) is 0 Å². The van der Waals surface area contributed by atoms with Crippen molar-refractivity contribution in [1.82, 2.24) is 5.32 Å². The van der Waals surface area contributed by atoms with Crippen LogP contribution in [0.2, 0.25) is 0 Å². The molecule has 6 heteroatoms. The molecule has 0 heterocycles. The number of aryl methyl sites for hydroxylation is 4. The van der Waals surface area contributed by atoms with Gasteiger partial charge in [0.2, 0.25) is 0 Å². The lowest BCUT2D eigenvalue weighted by atomic mass is 10.00. The summed E-state index contributed by atoms with van der Waals surface area (Å²) < 4.78 is 27.9. The van der Waals surface area contributed by atoms with Crippen molar-refractivity contribution >= 4 is 21.6 Å². The summed E-state index contributed by atoms with van der Waals surface area (Å²) in [4.78, 5) is 13.0. The van der Waals surface area contributed by atoms with E-state index in [2.05, 4.69) is 16.1 Å². The van der Waals surface area contributed by atoms with E-state index in [1.807, 2.05) is 39.8 Å². The molecule has 0 aliphatic heterocycles. The minimum Gasteiger partial charge on any atom is -0.346 e. The number of amides is 1. The summed E-state index contributed by atoms with van der Waals surface area (Å²) in [5.74, 6) is -0.205. The van der Waals surface area contributed by atoms with E-state index in [1.165, 1.54) is 5.56 Å². The fourth-order valence-corrected chi connectivity index (χ4v) is 4.64. The Morgan fingerprint density at radius 3 is 2.06 bits per heavy atom. The standard InChI is InChI=1S/C25H28N2O3S/c1-16-6-10-22(11-7-16)31(29,30)27-24-13-9-21(15-19(24)4)25(28)26-20(5)23-12-8-17(2)14-18(23)3/h6-15,20,27H,1-5H3,(H,26,28)/t20-/m0/s1. The minimum atomic E-state index is -3.70. The van der Waals surface area contributed by atoms with Gasteiger partial charge in [-0.05, 0) is 81.6 Å². The van der Waals surface area contributed by atoms with Crippen molar-refractivity contribution in [2.75, 3.05) is 4.72 Å². The predicted molar refractivity (Wildman–Crippen MR) is 125 cm³/mol. The van der Waals surface area contributed by atoms with Gasteiger partial charge in [-0.3, -0.25) is 9.52 Å². The number of rotatable bonds is 6. The molecule has 3 rings (SSSR count). The van der Waals surface area contributed by atoms with Gasteiger partial charge in [0.15, 0.2) is 0 Å². The minimum absolute atomic E-state index is 0.145. The molecule has 0 saturated heterocycles. The Morgan fingerprint density at radius 1 is 0.806 bits per heavy atom. The zero-order valence-electron chi connectivity index (χ0n) is 18.5. The second-order valence-electron chi connectivity index (χ2n) is 8.00. The highest BCUT2D eigenvalue weighted by Crippen LogP contribution is 2.23. The monoisotopic (exact) mass is 436 g/mol. The summed E-state index contributed by atoms with van der Waals surface area (Å²) in [6.45, 7) is 9.70. The molecule has 1 atom stereocenters. The Morgan fingerprint density at radius 2 is 1.45 bits per heavy atom. The van der Waals surface area contributed by atoms with Gasteiger partial charge in [-0.15, -0.1) is 0 Å². The van der Waals surface area contributed by atoms with E-state index in [0.29, 0.717) is 16.8 Å². The van der Waals surface area contributed by atoms with Gasteiger partial charge in [0.05, 0.1) is 16.6 Å². The second kappa shape index (κ2) is 8.94. The van der Waals surface area contributed by atoms with Gasteiger partial charge >= 0.3 is 0 Å². The van der Waals surface area contributed by atoms with Gasteiger partial charge in [0, 0.05) is 5.56 Å². The summed E-state index contributed by atoms with van der Waals surface area (Å²) in [7, 11) is -3.70. The van der Waals surface area contributed by atoms with Crippen LogP contribution in [0.15, 0.2) is 65.6 Å². The van der Waals surface area contributed by atoms with Crippen molar-refractivity contribution in [3.8, 4) is 0 Å². The van der Waals surface area contributed by atoms with Gasteiger partial charge in [0.25, 0.3) is 15.9 Å².